The first kappa shape index (κ1) is 25.8. The molecule has 1 atom stereocenters. The molecule has 0 saturated carbocycles. The van der Waals surface area contributed by atoms with Crippen molar-refractivity contribution in [1.29, 1.82) is 0 Å². The molecule has 34 heavy (non-hydrogen) atoms. The summed E-state index contributed by atoms with van der Waals surface area (Å²) in [5.41, 5.74) is 3.24. The van der Waals surface area contributed by atoms with Gasteiger partial charge in [-0.1, -0.05) is 53.2 Å². The zero-order valence-electron chi connectivity index (χ0n) is 19.1. The van der Waals surface area contributed by atoms with Crippen molar-refractivity contribution in [3.05, 3.63) is 81.6 Å². The predicted octanol–water partition coefficient (Wildman–Crippen LogP) is 5.61. The Hall–Kier alpha value is -2.81. The number of aryl methyl sites for hydroxylation is 1. The first-order chi connectivity index (χ1) is 16.2. The number of nitrogens with zero attached hydrogens (tertiary/aromatic N) is 3. The van der Waals surface area contributed by atoms with Crippen LogP contribution in [0.5, 0.6) is 0 Å². The van der Waals surface area contributed by atoms with Crippen molar-refractivity contribution in [2.45, 2.75) is 38.5 Å². The number of carbonyl (C=O) groups is 2. The molecule has 1 heterocycles. The van der Waals surface area contributed by atoms with Crippen LogP contribution in [0.25, 0.3) is 0 Å². The van der Waals surface area contributed by atoms with E-state index in [4.69, 9.17) is 23.2 Å². The fraction of sp³-hybridized carbons (Fsp3) is 0.250. The Balaban J connectivity index is 1.69. The Morgan fingerprint density at radius 1 is 1.21 bits per heavy atom. The summed E-state index contributed by atoms with van der Waals surface area (Å²) in [5.74, 6) is 0.191. The summed E-state index contributed by atoms with van der Waals surface area (Å²) in [6, 6.07) is 10.00. The first-order valence-corrected chi connectivity index (χ1v) is 12.2. The van der Waals surface area contributed by atoms with Crippen molar-refractivity contribution in [2.75, 3.05) is 11.1 Å². The number of aromatic nitrogens is 3. The highest BCUT2D eigenvalue weighted by atomic mass is 35.5. The Morgan fingerprint density at radius 2 is 1.97 bits per heavy atom. The molecule has 0 aliphatic heterocycles. The third kappa shape index (κ3) is 6.20. The van der Waals surface area contributed by atoms with Crippen molar-refractivity contribution < 1.29 is 9.59 Å². The molecule has 3 aromatic rings. The van der Waals surface area contributed by atoms with Gasteiger partial charge in [-0.25, -0.2) is 0 Å². The van der Waals surface area contributed by atoms with E-state index < -0.39 is 6.04 Å². The summed E-state index contributed by atoms with van der Waals surface area (Å²) in [6.07, 6.45) is 1.71. The zero-order valence-corrected chi connectivity index (χ0v) is 21.4. The fourth-order valence-corrected chi connectivity index (χ4v) is 4.49. The highest BCUT2D eigenvalue weighted by molar-refractivity contribution is 7.99. The van der Waals surface area contributed by atoms with Crippen LogP contribution in [0.4, 0.5) is 5.69 Å². The molecule has 10 heteroatoms. The smallest absolute Gasteiger partial charge is 0.253 e. The van der Waals surface area contributed by atoms with Gasteiger partial charge in [0.2, 0.25) is 5.91 Å². The molecule has 2 amide bonds. The summed E-state index contributed by atoms with van der Waals surface area (Å²) in [7, 11) is 0. The number of amides is 2. The summed E-state index contributed by atoms with van der Waals surface area (Å²) in [4.78, 5) is 25.2. The Morgan fingerprint density at radius 3 is 2.68 bits per heavy atom. The molecule has 7 nitrogen and oxygen atoms in total. The molecule has 2 N–H and O–H groups in total. The summed E-state index contributed by atoms with van der Waals surface area (Å²) in [5, 5.41) is 15.6. The van der Waals surface area contributed by atoms with Crippen LogP contribution in [0.15, 0.2) is 54.2 Å². The molecule has 0 radical (unpaired) electrons. The number of rotatable bonds is 9. The van der Waals surface area contributed by atoms with Crippen LogP contribution in [0.3, 0.4) is 0 Å². The van der Waals surface area contributed by atoms with E-state index in [1.54, 1.807) is 25.1 Å². The number of benzene rings is 2. The van der Waals surface area contributed by atoms with E-state index in [0.717, 1.165) is 16.8 Å². The topological polar surface area (TPSA) is 88.9 Å². The maximum Gasteiger partial charge on any atom is 0.253 e. The van der Waals surface area contributed by atoms with Gasteiger partial charge in [-0.3, -0.25) is 9.59 Å². The van der Waals surface area contributed by atoms with Crippen LogP contribution in [0.2, 0.25) is 10.0 Å². The Bertz CT molecular complexity index is 1230. The van der Waals surface area contributed by atoms with Gasteiger partial charge < -0.3 is 15.2 Å². The molecule has 0 spiro atoms. The SMILES string of the molecule is C=CCn1c(SCC(=O)Nc2cccc(C)c2C)nnc1[C@@H](C)NC(=O)c1ccc(Cl)cc1Cl. The lowest BCUT2D eigenvalue weighted by Gasteiger charge is -2.16. The normalized spacial score (nSPS) is 11.7. The molecule has 1 aromatic heterocycles. The minimum atomic E-state index is -0.468. The molecule has 0 fully saturated rings. The standard InChI is InChI=1S/C24H25Cl2N5O2S/c1-5-11-31-22(16(4)27-23(33)18-10-9-17(25)12-19(18)26)29-30-24(31)34-13-21(32)28-20-8-6-7-14(2)15(20)3/h5-10,12,16H,1,11,13H2,2-4H3,(H,27,33)(H,28,32)/t16-/m1/s1. The van der Waals surface area contributed by atoms with Crippen molar-refractivity contribution >= 4 is 52.5 Å². The van der Waals surface area contributed by atoms with Gasteiger partial charge in [0.25, 0.3) is 5.91 Å². The highest BCUT2D eigenvalue weighted by Crippen LogP contribution is 2.24. The van der Waals surface area contributed by atoms with Crippen LogP contribution in [0, 0.1) is 13.8 Å². The summed E-state index contributed by atoms with van der Waals surface area (Å²) >= 11 is 13.3. The van der Waals surface area contributed by atoms with E-state index in [1.165, 1.54) is 17.8 Å². The van der Waals surface area contributed by atoms with E-state index >= 15 is 0 Å². The lowest BCUT2D eigenvalue weighted by molar-refractivity contribution is -0.113. The quantitative estimate of drug-likeness (QED) is 0.284. The van der Waals surface area contributed by atoms with Gasteiger partial charge in [0.05, 0.1) is 22.4 Å². The maximum absolute atomic E-state index is 12.7. The lowest BCUT2D eigenvalue weighted by atomic mass is 10.1. The lowest BCUT2D eigenvalue weighted by Crippen LogP contribution is -2.29. The van der Waals surface area contributed by atoms with Gasteiger partial charge in [0.15, 0.2) is 11.0 Å². The molecule has 0 saturated heterocycles. The Kier molecular flexibility index (Phi) is 8.77. The monoisotopic (exact) mass is 517 g/mol. The Labute approximate surface area is 212 Å². The predicted molar refractivity (Wildman–Crippen MR) is 138 cm³/mol. The number of hydrogen-bond donors (Lipinski definition) is 2. The minimum Gasteiger partial charge on any atom is -0.342 e. The second-order valence-electron chi connectivity index (χ2n) is 7.64. The van der Waals surface area contributed by atoms with Crippen LogP contribution in [0.1, 0.15) is 40.3 Å². The van der Waals surface area contributed by atoms with Crippen molar-refractivity contribution in [3.63, 3.8) is 0 Å². The second-order valence-corrected chi connectivity index (χ2v) is 9.43. The first-order valence-electron chi connectivity index (χ1n) is 10.5. The highest BCUT2D eigenvalue weighted by Gasteiger charge is 2.21. The van der Waals surface area contributed by atoms with Gasteiger partial charge >= 0.3 is 0 Å². The van der Waals surface area contributed by atoms with E-state index in [1.807, 2.05) is 36.6 Å². The summed E-state index contributed by atoms with van der Waals surface area (Å²) in [6.45, 7) is 9.98. The number of thioether (sulfide) groups is 1. The average molecular weight is 518 g/mol. The molecule has 0 aliphatic rings. The van der Waals surface area contributed by atoms with Gasteiger partial charge in [-0.05, 0) is 56.2 Å². The zero-order chi connectivity index (χ0) is 24.8. The largest absolute Gasteiger partial charge is 0.342 e. The fourth-order valence-electron chi connectivity index (χ4n) is 3.24. The number of halogens is 2. The minimum absolute atomic E-state index is 0.146. The van der Waals surface area contributed by atoms with Crippen LogP contribution < -0.4 is 10.6 Å². The van der Waals surface area contributed by atoms with E-state index in [-0.39, 0.29) is 22.6 Å². The third-order valence-corrected chi connectivity index (χ3v) is 6.69. The molecule has 0 unspecified atom stereocenters. The van der Waals surface area contributed by atoms with Crippen LogP contribution in [-0.2, 0) is 11.3 Å². The number of nitrogens with one attached hydrogen (secondary N) is 2. The maximum atomic E-state index is 12.7. The molecule has 178 valence electrons. The molecule has 0 aliphatic carbocycles. The molecule has 2 aromatic carbocycles. The van der Waals surface area contributed by atoms with Crippen molar-refractivity contribution in [3.8, 4) is 0 Å². The molecule has 0 bridgehead atoms. The third-order valence-electron chi connectivity index (χ3n) is 5.18. The van der Waals surface area contributed by atoms with Gasteiger partial charge in [0.1, 0.15) is 0 Å². The van der Waals surface area contributed by atoms with Crippen molar-refractivity contribution in [2.24, 2.45) is 0 Å². The molecular formula is C24H25Cl2N5O2S. The van der Waals surface area contributed by atoms with E-state index in [2.05, 4.69) is 27.4 Å². The average Bonchev–Trinajstić information content (AvgIpc) is 3.18. The second kappa shape index (κ2) is 11.6. The van der Waals surface area contributed by atoms with Crippen LogP contribution in [-0.4, -0.2) is 32.3 Å². The van der Waals surface area contributed by atoms with E-state index in [0.29, 0.717) is 28.1 Å². The van der Waals surface area contributed by atoms with Gasteiger partial charge in [-0.15, -0.1) is 16.8 Å². The molecular weight excluding hydrogens is 493 g/mol. The number of anilines is 1. The number of carbonyl (C=O) groups excluding carboxylic acids is 2. The van der Waals surface area contributed by atoms with Gasteiger partial charge in [-0.2, -0.15) is 0 Å². The number of hydrogen-bond acceptors (Lipinski definition) is 5. The van der Waals surface area contributed by atoms with Gasteiger partial charge in [0, 0.05) is 17.3 Å². The van der Waals surface area contributed by atoms with Crippen molar-refractivity contribution in [1.82, 2.24) is 20.1 Å². The van der Waals surface area contributed by atoms with E-state index in [9.17, 15) is 9.59 Å². The molecule has 3 rings (SSSR count). The van der Waals surface area contributed by atoms with Crippen LogP contribution >= 0.6 is 35.0 Å². The summed E-state index contributed by atoms with van der Waals surface area (Å²) < 4.78 is 1.82. The number of allylic oxidation sites excluding steroid dienone is 1.